The molecule has 5 nitrogen and oxygen atoms in total. The van der Waals surface area contributed by atoms with E-state index in [2.05, 4.69) is 15.6 Å². The molecule has 1 fully saturated rings. The van der Waals surface area contributed by atoms with E-state index in [1.165, 1.54) is 11.1 Å². The van der Waals surface area contributed by atoms with Gasteiger partial charge in [-0.15, -0.1) is 0 Å². The average Bonchev–Trinajstić information content (AvgIpc) is 3.18. The van der Waals surface area contributed by atoms with Crippen LogP contribution >= 0.6 is 0 Å². The molecule has 0 unspecified atom stereocenters. The number of hydrogen-bond acceptors (Lipinski definition) is 4. The van der Waals surface area contributed by atoms with Gasteiger partial charge in [-0.2, -0.15) is 0 Å². The summed E-state index contributed by atoms with van der Waals surface area (Å²) in [4.78, 5) is 17.0. The molecule has 0 saturated heterocycles. The fourth-order valence-corrected chi connectivity index (χ4v) is 3.17. The minimum Gasteiger partial charge on any atom is -0.440 e. The summed E-state index contributed by atoms with van der Waals surface area (Å²) in [5, 5.41) is 6.24. The van der Waals surface area contributed by atoms with E-state index in [0.29, 0.717) is 11.5 Å². The van der Waals surface area contributed by atoms with Crippen molar-refractivity contribution in [3.05, 3.63) is 59.0 Å². The van der Waals surface area contributed by atoms with Crippen LogP contribution in [0, 0.1) is 0 Å². The quantitative estimate of drug-likeness (QED) is 0.774. The third-order valence-electron chi connectivity index (χ3n) is 4.69. The number of anilines is 1. The van der Waals surface area contributed by atoms with Gasteiger partial charge in [0.05, 0.1) is 0 Å². The lowest BCUT2D eigenvalue weighted by molar-refractivity contribution is 0.102. The highest BCUT2D eigenvalue weighted by atomic mass is 16.3. The Labute approximate surface area is 139 Å². The second-order valence-corrected chi connectivity index (χ2v) is 6.55. The highest BCUT2D eigenvalue weighted by Gasteiger charge is 2.28. The monoisotopic (exact) mass is 319 g/mol. The number of rotatable bonds is 3. The Morgan fingerprint density at radius 3 is 2.88 bits per heavy atom. The van der Waals surface area contributed by atoms with Crippen molar-refractivity contribution in [1.82, 2.24) is 10.3 Å². The molecule has 5 heteroatoms. The highest BCUT2D eigenvalue weighted by molar-refractivity contribution is 6.05. The van der Waals surface area contributed by atoms with Crippen LogP contribution in [-0.2, 0) is 13.1 Å². The fourth-order valence-electron chi connectivity index (χ4n) is 3.17. The van der Waals surface area contributed by atoms with E-state index in [1.54, 1.807) is 0 Å². The molecule has 1 saturated carbocycles. The molecule has 24 heavy (non-hydrogen) atoms. The first-order valence-corrected chi connectivity index (χ1v) is 8.31. The second kappa shape index (κ2) is 5.18. The van der Waals surface area contributed by atoms with E-state index < -0.39 is 0 Å². The van der Waals surface area contributed by atoms with Crippen molar-refractivity contribution in [3.8, 4) is 0 Å². The minimum atomic E-state index is -0.102. The summed E-state index contributed by atoms with van der Waals surface area (Å²) < 4.78 is 5.76. The lowest BCUT2D eigenvalue weighted by Gasteiger charge is -2.06. The van der Waals surface area contributed by atoms with Gasteiger partial charge in [-0.3, -0.25) is 4.79 Å². The van der Waals surface area contributed by atoms with Crippen molar-refractivity contribution in [2.75, 3.05) is 5.32 Å². The molecule has 2 N–H and O–H groups in total. The molecule has 2 heterocycles. The van der Waals surface area contributed by atoms with Crippen LogP contribution in [0.5, 0.6) is 0 Å². The van der Waals surface area contributed by atoms with E-state index in [9.17, 15) is 4.79 Å². The maximum atomic E-state index is 12.5. The first-order chi connectivity index (χ1) is 11.8. The summed E-state index contributed by atoms with van der Waals surface area (Å²) in [5.74, 6) is 1.20. The van der Waals surface area contributed by atoms with Gasteiger partial charge in [0.1, 0.15) is 5.52 Å². The van der Waals surface area contributed by atoms with Gasteiger partial charge in [-0.25, -0.2) is 4.98 Å². The van der Waals surface area contributed by atoms with Crippen LogP contribution < -0.4 is 10.6 Å². The van der Waals surface area contributed by atoms with E-state index in [0.717, 1.165) is 48.6 Å². The number of carbonyl (C=O) groups is 1. The molecular weight excluding hydrogens is 302 g/mol. The van der Waals surface area contributed by atoms with E-state index in [1.807, 2.05) is 36.4 Å². The lowest BCUT2D eigenvalue weighted by Crippen LogP contribution is -2.12. The third kappa shape index (κ3) is 2.37. The van der Waals surface area contributed by atoms with Crippen molar-refractivity contribution in [2.24, 2.45) is 0 Å². The van der Waals surface area contributed by atoms with Crippen LogP contribution in [0.3, 0.4) is 0 Å². The van der Waals surface area contributed by atoms with Crippen LogP contribution in [0.4, 0.5) is 5.69 Å². The summed E-state index contributed by atoms with van der Waals surface area (Å²) in [7, 11) is 0. The predicted molar refractivity (Wildman–Crippen MR) is 90.9 cm³/mol. The van der Waals surface area contributed by atoms with Crippen molar-refractivity contribution in [3.63, 3.8) is 0 Å². The normalized spacial score (nSPS) is 16.3. The Hall–Kier alpha value is -2.66. The zero-order valence-corrected chi connectivity index (χ0v) is 13.1. The molecular formula is C19H17N3O2. The van der Waals surface area contributed by atoms with Gasteiger partial charge in [0.25, 0.3) is 5.91 Å². The zero-order chi connectivity index (χ0) is 16.1. The summed E-state index contributed by atoms with van der Waals surface area (Å²) >= 11 is 0. The molecule has 1 aliphatic carbocycles. The standard InChI is InChI=1S/C19H17N3O2/c23-18(12-3-4-13-9-20-10-14(13)7-12)21-15-5-6-17-16(8-15)22-19(24-17)11-1-2-11/h3-8,11,20H,1-2,9-10H2,(H,21,23). The molecule has 2 aromatic carbocycles. The van der Waals surface area contributed by atoms with Crippen LogP contribution in [0.1, 0.15) is 46.1 Å². The molecule has 2 aliphatic rings. The summed E-state index contributed by atoms with van der Waals surface area (Å²) in [6.07, 6.45) is 2.31. The minimum absolute atomic E-state index is 0.102. The molecule has 0 bridgehead atoms. The topological polar surface area (TPSA) is 67.2 Å². The molecule has 5 rings (SSSR count). The van der Waals surface area contributed by atoms with E-state index >= 15 is 0 Å². The molecule has 0 radical (unpaired) electrons. The number of carbonyl (C=O) groups excluding carboxylic acids is 1. The Bertz CT molecular complexity index is 956. The summed E-state index contributed by atoms with van der Waals surface area (Å²) in [6.45, 7) is 1.70. The Balaban J connectivity index is 1.40. The average molecular weight is 319 g/mol. The smallest absolute Gasteiger partial charge is 0.255 e. The molecule has 0 spiro atoms. The van der Waals surface area contributed by atoms with Gasteiger partial charge in [0.15, 0.2) is 11.5 Å². The van der Waals surface area contributed by atoms with Crippen LogP contribution in [-0.4, -0.2) is 10.9 Å². The maximum absolute atomic E-state index is 12.5. The first-order valence-electron chi connectivity index (χ1n) is 8.31. The van der Waals surface area contributed by atoms with Gasteiger partial charge in [0.2, 0.25) is 0 Å². The second-order valence-electron chi connectivity index (χ2n) is 6.55. The predicted octanol–water partition coefficient (Wildman–Crippen LogP) is 3.56. The number of nitrogens with zero attached hydrogens (tertiary/aromatic N) is 1. The SMILES string of the molecule is O=C(Nc1ccc2oc(C3CC3)nc2c1)c1ccc2c(c1)CNC2. The molecule has 120 valence electrons. The number of fused-ring (bicyclic) bond motifs is 2. The van der Waals surface area contributed by atoms with Gasteiger partial charge in [0, 0.05) is 30.3 Å². The van der Waals surface area contributed by atoms with Crippen molar-refractivity contribution < 1.29 is 9.21 Å². The Kier molecular flexibility index (Phi) is 2.97. The van der Waals surface area contributed by atoms with E-state index in [4.69, 9.17) is 4.42 Å². The van der Waals surface area contributed by atoms with Gasteiger partial charge >= 0.3 is 0 Å². The molecule has 1 aliphatic heterocycles. The van der Waals surface area contributed by atoms with Gasteiger partial charge in [-0.1, -0.05) is 6.07 Å². The van der Waals surface area contributed by atoms with Crippen LogP contribution in [0.15, 0.2) is 40.8 Å². The number of benzene rings is 2. The molecule has 0 atom stereocenters. The number of hydrogen-bond donors (Lipinski definition) is 2. The van der Waals surface area contributed by atoms with E-state index in [-0.39, 0.29) is 5.91 Å². The molecule has 3 aromatic rings. The summed E-state index contributed by atoms with van der Waals surface area (Å²) in [6, 6.07) is 11.5. The molecule has 1 amide bonds. The maximum Gasteiger partial charge on any atom is 0.255 e. The largest absolute Gasteiger partial charge is 0.440 e. The summed E-state index contributed by atoms with van der Waals surface area (Å²) in [5.41, 5.74) is 5.45. The number of oxazole rings is 1. The zero-order valence-electron chi connectivity index (χ0n) is 13.1. The highest BCUT2D eigenvalue weighted by Crippen LogP contribution is 2.40. The Morgan fingerprint density at radius 2 is 2.00 bits per heavy atom. The lowest BCUT2D eigenvalue weighted by atomic mass is 10.1. The van der Waals surface area contributed by atoms with Crippen LogP contribution in [0.25, 0.3) is 11.1 Å². The third-order valence-corrected chi connectivity index (χ3v) is 4.69. The Morgan fingerprint density at radius 1 is 1.12 bits per heavy atom. The van der Waals surface area contributed by atoms with Crippen molar-refractivity contribution >= 4 is 22.7 Å². The van der Waals surface area contributed by atoms with Gasteiger partial charge in [-0.05, 0) is 54.3 Å². The number of nitrogens with one attached hydrogen (secondary N) is 2. The first kappa shape index (κ1) is 13.7. The molecule has 1 aromatic heterocycles. The fraction of sp³-hybridized carbons (Fsp3) is 0.263. The van der Waals surface area contributed by atoms with Crippen LogP contribution in [0.2, 0.25) is 0 Å². The number of aromatic nitrogens is 1. The van der Waals surface area contributed by atoms with Crippen molar-refractivity contribution in [2.45, 2.75) is 31.8 Å². The number of amides is 1. The van der Waals surface area contributed by atoms with Gasteiger partial charge < -0.3 is 15.1 Å². The van der Waals surface area contributed by atoms with Crippen molar-refractivity contribution in [1.29, 1.82) is 0 Å².